The molecule has 0 saturated carbocycles. The average Bonchev–Trinajstić information content (AvgIpc) is 2.94. The van der Waals surface area contributed by atoms with Gasteiger partial charge in [-0.15, -0.1) is 0 Å². The number of anilines is 1. The van der Waals surface area contributed by atoms with Crippen molar-refractivity contribution in [3.63, 3.8) is 0 Å². The molecule has 2 atom stereocenters. The van der Waals surface area contributed by atoms with Crippen molar-refractivity contribution in [1.82, 2.24) is 0 Å². The van der Waals surface area contributed by atoms with Gasteiger partial charge in [-0.3, -0.25) is 8.98 Å². The summed E-state index contributed by atoms with van der Waals surface area (Å²) < 4.78 is 46.4. The number of ether oxygens (including phenoxy) is 1. The van der Waals surface area contributed by atoms with Crippen LogP contribution in [0.4, 0.5) is 10.1 Å². The largest absolute Gasteiger partial charge is 0.459 e. The van der Waals surface area contributed by atoms with Crippen LogP contribution in [0.3, 0.4) is 0 Å². The Balaban J connectivity index is 1.69. The highest BCUT2D eigenvalue weighted by molar-refractivity contribution is 7.99. The van der Waals surface area contributed by atoms with Gasteiger partial charge in [-0.05, 0) is 17.7 Å². The smallest absolute Gasteiger partial charge is 0.313 e. The standard InChI is InChI=1S/C16H20FNO5S2/c1-25(20,21)22-10-12-9-13(16(19)23-12)11-2-3-15(14(17)8-11)18-4-6-24-7-5-18/h2-3,8,12-13H,4-7,9-10H2,1H3/t12-,13?/m1/s1. The molecule has 1 unspecified atom stereocenters. The molecule has 0 aliphatic carbocycles. The van der Waals surface area contributed by atoms with Gasteiger partial charge in [0.15, 0.2) is 0 Å². The zero-order valence-corrected chi connectivity index (χ0v) is 15.4. The number of hydrogen-bond acceptors (Lipinski definition) is 7. The molecular formula is C16H20FNO5S2. The van der Waals surface area contributed by atoms with Crippen molar-refractivity contribution in [2.24, 2.45) is 0 Å². The molecule has 1 aromatic rings. The van der Waals surface area contributed by atoms with Crippen molar-refractivity contribution in [3.05, 3.63) is 29.6 Å². The van der Waals surface area contributed by atoms with E-state index in [1.54, 1.807) is 12.1 Å². The van der Waals surface area contributed by atoms with E-state index in [1.807, 2.05) is 16.7 Å². The number of rotatable bonds is 5. The van der Waals surface area contributed by atoms with Crippen LogP contribution in [0.1, 0.15) is 17.9 Å². The molecule has 0 N–H and O–H groups in total. The molecular weight excluding hydrogens is 369 g/mol. The van der Waals surface area contributed by atoms with Gasteiger partial charge in [-0.2, -0.15) is 20.2 Å². The van der Waals surface area contributed by atoms with Crippen LogP contribution in [0, 0.1) is 5.82 Å². The number of thioether (sulfide) groups is 1. The van der Waals surface area contributed by atoms with E-state index in [1.165, 1.54) is 6.07 Å². The maximum atomic E-state index is 14.5. The van der Waals surface area contributed by atoms with Crippen LogP contribution in [0.5, 0.6) is 0 Å². The van der Waals surface area contributed by atoms with E-state index in [0.29, 0.717) is 11.3 Å². The summed E-state index contributed by atoms with van der Waals surface area (Å²) in [7, 11) is -3.59. The molecule has 6 nitrogen and oxygen atoms in total. The summed E-state index contributed by atoms with van der Waals surface area (Å²) in [5.41, 5.74) is 1.09. The van der Waals surface area contributed by atoms with Crippen molar-refractivity contribution >= 4 is 33.5 Å². The molecule has 138 valence electrons. The van der Waals surface area contributed by atoms with Crippen molar-refractivity contribution in [1.29, 1.82) is 0 Å². The third-order valence-electron chi connectivity index (χ3n) is 4.26. The SMILES string of the molecule is CS(=O)(=O)OC[C@H]1CC(c2ccc(N3CCSCC3)c(F)c2)C(=O)O1. The summed E-state index contributed by atoms with van der Waals surface area (Å²) in [5, 5.41) is 0. The Bertz CT molecular complexity index is 749. The fraction of sp³-hybridized carbons (Fsp3) is 0.562. The van der Waals surface area contributed by atoms with Gasteiger partial charge in [0.2, 0.25) is 0 Å². The molecule has 3 rings (SSSR count). The molecule has 9 heteroatoms. The van der Waals surface area contributed by atoms with Gasteiger partial charge in [-0.25, -0.2) is 4.39 Å². The van der Waals surface area contributed by atoms with E-state index in [0.717, 1.165) is 30.9 Å². The molecule has 25 heavy (non-hydrogen) atoms. The van der Waals surface area contributed by atoms with Gasteiger partial charge in [0.1, 0.15) is 18.5 Å². The second-order valence-corrected chi connectivity index (χ2v) is 9.01. The first-order chi connectivity index (χ1) is 11.8. The van der Waals surface area contributed by atoms with E-state index in [9.17, 15) is 17.6 Å². The lowest BCUT2D eigenvalue weighted by molar-refractivity contribution is -0.143. The topological polar surface area (TPSA) is 72.9 Å². The minimum absolute atomic E-state index is 0.215. The number of halogens is 1. The van der Waals surface area contributed by atoms with Crippen molar-refractivity contribution in [2.75, 3.05) is 42.4 Å². The molecule has 2 saturated heterocycles. The van der Waals surface area contributed by atoms with E-state index >= 15 is 0 Å². The summed E-state index contributed by atoms with van der Waals surface area (Å²) in [6.07, 6.45) is 0.566. The molecule has 0 aromatic heterocycles. The normalized spacial score (nSPS) is 24.4. The monoisotopic (exact) mass is 389 g/mol. The summed E-state index contributed by atoms with van der Waals surface area (Å²) in [4.78, 5) is 14.0. The first-order valence-electron chi connectivity index (χ1n) is 8.00. The maximum Gasteiger partial charge on any atom is 0.313 e. The number of hydrogen-bond donors (Lipinski definition) is 0. The van der Waals surface area contributed by atoms with Crippen molar-refractivity contribution in [3.8, 4) is 0 Å². The van der Waals surface area contributed by atoms with Crippen LogP contribution in [0.2, 0.25) is 0 Å². The molecule has 2 heterocycles. The molecule has 0 spiro atoms. The Morgan fingerprint density at radius 3 is 2.72 bits per heavy atom. The van der Waals surface area contributed by atoms with Crippen molar-refractivity contribution < 1.29 is 26.5 Å². The van der Waals surface area contributed by atoms with E-state index in [2.05, 4.69) is 4.18 Å². The molecule has 2 aliphatic heterocycles. The fourth-order valence-corrected chi connectivity index (χ4v) is 4.33. The van der Waals surface area contributed by atoms with Gasteiger partial charge < -0.3 is 9.64 Å². The molecule has 0 radical (unpaired) electrons. The summed E-state index contributed by atoms with van der Waals surface area (Å²) in [5.74, 6) is 0.501. The summed E-state index contributed by atoms with van der Waals surface area (Å²) in [6, 6.07) is 4.82. The quantitative estimate of drug-likeness (QED) is 0.561. The zero-order valence-electron chi connectivity index (χ0n) is 13.8. The Kier molecular flexibility index (Phi) is 5.55. The lowest BCUT2D eigenvalue weighted by Gasteiger charge is -2.29. The van der Waals surface area contributed by atoms with Crippen LogP contribution in [-0.2, 0) is 23.8 Å². The van der Waals surface area contributed by atoms with Gasteiger partial charge in [0, 0.05) is 31.0 Å². The highest BCUT2D eigenvalue weighted by atomic mass is 32.2. The molecule has 0 amide bonds. The van der Waals surface area contributed by atoms with Gasteiger partial charge in [0.05, 0.1) is 17.9 Å². The Morgan fingerprint density at radius 2 is 2.08 bits per heavy atom. The van der Waals surface area contributed by atoms with Crippen LogP contribution in [0.15, 0.2) is 18.2 Å². The van der Waals surface area contributed by atoms with Crippen LogP contribution in [-0.4, -0.2) is 57.9 Å². The molecule has 0 bridgehead atoms. The number of benzene rings is 1. The van der Waals surface area contributed by atoms with E-state index in [4.69, 9.17) is 4.74 Å². The Hall–Kier alpha value is -1.32. The summed E-state index contributed by atoms with van der Waals surface area (Å²) in [6.45, 7) is 1.39. The lowest BCUT2D eigenvalue weighted by atomic mass is 9.95. The second-order valence-electron chi connectivity index (χ2n) is 6.15. The molecule has 2 aliphatic rings. The minimum atomic E-state index is -3.59. The molecule has 2 fully saturated rings. The van der Waals surface area contributed by atoms with Gasteiger partial charge in [0.25, 0.3) is 10.1 Å². The number of nitrogens with zero attached hydrogens (tertiary/aromatic N) is 1. The predicted molar refractivity (Wildman–Crippen MR) is 94.0 cm³/mol. The van der Waals surface area contributed by atoms with Crippen molar-refractivity contribution in [2.45, 2.75) is 18.4 Å². The highest BCUT2D eigenvalue weighted by Gasteiger charge is 2.36. The first-order valence-corrected chi connectivity index (χ1v) is 11.0. The highest BCUT2D eigenvalue weighted by Crippen LogP contribution is 2.33. The third-order valence-corrected chi connectivity index (χ3v) is 5.77. The predicted octanol–water partition coefficient (Wildman–Crippen LogP) is 1.75. The Morgan fingerprint density at radius 1 is 1.36 bits per heavy atom. The van der Waals surface area contributed by atoms with E-state index < -0.39 is 28.1 Å². The fourth-order valence-electron chi connectivity index (χ4n) is 3.03. The van der Waals surface area contributed by atoms with Crippen LogP contribution < -0.4 is 4.90 Å². The van der Waals surface area contributed by atoms with Crippen LogP contribution in [0.25, 0.3) is 0 Å². The number of carbonyl (C=O) groups excluding carboxylic acids is 1. The number of cyclic esters (lactones) is 1. The van der Waals surface area contributed by atoms with Crippen LogP contribution >= 0.6 is 11.8 Å². The third kappa shape index (κ3) is 4.65. The van der Waals surface area contributed by atoms with Gasteiger partial charge in [-0.1, -0.05) is 6.07 Å². The van der Waals surface area contributed by atoms with E-state index in [-0.39, 0.29) is 18.8 Å². The zero-order chi connectivity index (χ0) is 18.0. The minimum Gasteiger partial charge on any atom is -0.459 e. The van der Waals surface area contributed by atoms with Gasteiger partial charge >= 0.3 is 5.97 Å². The second kappa shape index (κ2) is 7.51. The number of esters is 1. The molecule has 1 aromatic carbocycles. The maximum absolute atomic E-state index is 14.5. The Labute approximate surface area is 150 Å². The lowest BCUT2D eigenvalue weighted by Crippen LogP contribution is -2.33. The number of carbonyl (C=O) groups is 1. The average molecular weight is 389 g/mol. The first kappa shape index (κ1) is 18.5. The summed E-state index contributed by atoms with van der Waals surface area (Å²) >= 11 is 1.85.